The highest BCUT2D eigenvalue weighted by atomic mass is 16.4. The minimum Gasteiger partial charge on any atom is -0.481 e. The number of rotatable bonds is 5. The molecule has 0 saturated heterocycles. The van der Waals surface area contributed by atoms with Crippen LogP contribution >= 0.6 is 0 Å². The Morgan fingerprint density at radius 2 is 2.17 bits per heavy atom. The molecule has 0 aromatic carbocycles. The minimum atomic E-state index is -0.958. The van der Waals surface area contributed by atoms with Gasteiger partial charge >= 0.3 is 5.97 Å². The third-order valence-electron chi connectivity index (χ3n) is 3.04. The molecule has 0 saturated carbocycles. The second-order valence-electron chi connectivity index (χ2n) is 4.43. The Kier molecular flexibility index (Phi) is 3.59. The average Bonchev–Trinajstić information content (AvgIpc) is 2.90. The number of carbonyl (C=O) groups excluding carboxylic acids is 1. The minimum absolute atomic E-state index is 0.0207. The van der Waals surface area contributed by atoms with E-state index in [1.807, 2.05) is 4.57 Å². The lowest BCUT2D eigenvalue weighted by molar-refractivity contribution is -0.140. The van der Waals surface area contributed by atoms with Gasteiger partial charge in [0.25, 0.3) is 0 Å². The van der Waals surface area contributed by atoms with Crippen molar-refractivity contribution in [3.8, 4) is 0 Å². The highest BCUT2D eigenvalue weighted by molar-refractivity contribution is 5.80. The van der Waals surface area contributed by atoms with Gasteiger partial charge in [0.2, 0.25) is 5.91 Å². The fourth-order valence-corrected chi connectivity index (χ4v) is 2.03. The molecule has 1 aliphatic rings. The number of aliphatic carboxylic acids is 1. The molecule has 1 aromatic rings. The van der Waals surface area contributed by atoms with Gasteiger partial charge in [-0.2, -0.15) is 0 Å². The summed E-state index contributed by atoms with van der Waals surface area (Å²) in [5.41, 5.74) is 0. The van der Waals surface area contributed by atoms with Gasteiger partial charge in [-0.05, 0) is 6.42 Å². The number of fused-ring (bicyclic) bond motifs is 1. The highest BCUT2D eigenvalue weighted by Crippen LogP contribution is 2.15. The number of aryl methyl sites for hydroxylation is 1. The molecule has 7 nitrogen and oxygen atoms in total. The van der Waals surface area contributed by atoms with Crippen LogP contribution in [0.2, 0.25) is 0 Å². The predicted octanol–water partition coefficient (Wildman–Crippen LogP) is 0.0475. The van der Waals surface area contributed by atoms with Gasteiger partial charge in [-0.15, -0.1) is 10.2 Å². The van der Waals surface area contributed by atoms with Crippen molar-refractivity contribution in [2.75, 3.05) is 7.05 Å². The Morgan fingerprint density at radius 1 is 1.39 bits per heavy atom. The van der Waals surface area contributed by atoms with Crippen molar-refractivity contribution in [3.63, 3.8) is 0 Å². The van der Waals surface area contributed by atoms with Crippen molar-refractivity contribution >= 4 is 11.9 Å². The van der Waals surface area contributed by atoms with Gasteiger partial charge < -0.3 is 14.6 Å². The molecule has 0 radical (unpaired) electrons. The van der Waals surface area contributed by atoms with Crippen LogP contribution in [0.5, 0.6) is 0 Å². The van der Waals surface area contributed by atoms with Crippen LogP contribution in [0.4, 0.5) is 0 Å². The van der Waals surface area contributed by atoms with Gasteiger partial charge in [0.1, 0.15) is 5.82 Å². The van der Waals surface area contributed by atoms with Gasteiger partial charge in [-0.25, -0.2) is 0 Å². The number of hydrogen-bond acceptors (Lipinski definition) is 4. The summed E-state index contributed by atoms with van der Waals surface area (Å²) in [6, 6.07) is 0. The second-order valence-corrected chi connectivity index (χ2v) is 4.43. The molecule has 2 heterocycles. The van der Waals surface area contributed by atoms with Crippen molar-refractivity contribution in [2.24, 2.45) is 0 Å². The zero-order valence-corrected chi connectivity index (χ0v) is 10.3. The molecule has 2 rings (SSSR count). The number of carbonyl (C=O) groups is 2. The second kappa shape index (κ2) is 5.16. The summed E-state index contributed by atoms with van der Waals surface area (Å²) in [7, 11) is 1.65. The van der Waals surface area contributed by atoms with Gasteiger partial charge in [0, 0.05) is 26.4 Å². The highest BCUT2D eigenvalue weighted by Gasteiger charge is 2.19. The van der Waals surface area contributed by atoms with E-state index in [1.165, 1.54) is 4.90 Å². The number of carboxylic acid groups (broad SMARTS) is 1. The molecule has 1 aliphatic heterocycles. The maximum atomic E-state index is 11.7. The van der Waals surface area contributed by atoms with Crippen molar-refractivity contribution in [1.82, 2.24) is 19.7 Å². The lowest BCUT2D eigenvalue weighted by atomic mass is 10.3. The Morgan fingerprint density at radius 3 is 2.89 bits per heavy atom. The first kappa shape index (κ1) is 12.5. The van der Waals surface area contributed by atoms with Crippen molar-refractivity contribution in [2.45, 2.75) is 38.8 Å². The van der Waals surface area contributed by atoms with Crippen LogP contribution in [-0.4, -0.2) is 43.7 Å². The molecule has 0 fully saturated rings. The predicted molar refractivity (Wildman–Crippen MR) is 61.7 cm³/mol. The first-order valence-electron chi connectivity index (χ1n) is 5.94. The van der Waals surface area contributed by atoms with Crippen LogP contribution in [0.3, 0.4) is 0 Å². The van der Waals surface area contributed by atoms with Crippen LogP contribution in [-0.2, 0) is 29.1 Å². The Labute approximate surface area is 104 Å². The molecule has 18 heavy (non-hydrogen) atoms. The van der Waals surface area contributed by atoms with Gasteiger partial charge in [0.05, 0.1) is 13.0 Å². The molecular formula is C11H16N4O3. The molecular weight excluding hydrogens is 236 g/mol. The van der Waals surface area contributed by atoms with E-state index in [4.69, 9.17) is 5.11 Å². The van der Waals surface area contributed by atoms with E-state index < -0.39 is 5.97 Å². The van der Waals surface area contributed by atoms with E-state index in [9.17, 15) is 9.59 Å². The van der Waals surface area contributed by atoms with Crippen LogP contribution in [0, 0.1) is 0 Å². The van der Waals surface area contributed by atoms with E-state index in [0.29, 0.717) is 6.54 Å². The number of nitrogens with zero attached hydrogens (tertiary/aromatic N) is 4. The topological polar surface area (TPSA) is 88.3 Å². The third kappa shape index (κ3) is 2.66. The molecule has 98 valence electrons. The van der Waals surface area contributed by atoms with Gasteiger partial charge in [-0.1, -0.05) is 0 Å². The van der Waals surface area contributed by atoms with E-state index in [1.54, 1.807) is 7.05 Å². The number of hydrogen-bond donors (Lipinski definition) is 1. The van der Waals surface area contributed by atoms with E-state index >= 15 is 0 Å². The molecule has 0 aliphatic carbocycles. The Bertz CT molecular complexity index is 469. The largest absolute Gasteiger partial charge is 0.481 e. The first-order chi connectivity index (χ1) is 8.58. The van der Waals surface area contributed by atoms with Crippen LogP contribution in [0.1, 0.15) is 30.9 Å². The summed E-state index contributed by atoms with van der Waals surface area (Å²) >= 11 is 0. The Balaban J connectivity index is 1.92. The summed E-state index contributed by atoms with van der Waals surface area (Å²) in [5, 5.41) is 16.7. The number of aromatic nitrogens is 3. The van der Waals surface area contributed by atoms with E-state index in [0.717, 1.165) is 31.0 Å². The lowest BCUT2D eigenvalue weighted by Gasteiger charge is -2.16. The normalized spacial score (nSPS) is 13.4. The number of amides is 1. The summed E-state index contributed by atoms with van der Waals surface area (Å²) in [6.07, 6.45) is 1.88. The summed E-state index contributed by atoms with van der Waals surface area (Å²) in [4.78, 5) is 23.6. The third-order valence-corrected chi connectivity index (χ3v) is 3.04. The van der Waals surface area contributed by atoms with Crippen LogP contribution in [0.25, 0.3) is 0 Å². The standard InChI is InChI=1S/C11H16N4O3/c1-14(10(16)4-5-11(17)18)7-9-13-12-8-3-2-6-15(8)9/h2-7H2,1H3,(H,17,18). The summed E-state index contributed by atoms with van der Waals surface area (Å²) in [6.45, 7) is 1.28. The zero-order valence-electron chi connectivity index (χ0n) is 10.3. The summed E-state index contributed by atoms with van der Waals surface area (Å²) in [5.74, 6) is 0.595. The smallest absolute Gasteiger partial charge is 0.303 e. The van der Waals surface area contributed by atoms with E-state index in [2.05, 4.69) is 10.2 Å². The lowest BCUT2D eigenvalue weighted by Crippen LogP contribution is -2.28. The maximum Gasteiger partial charge on any atom is 0.303 e. The van der Waals surface area contributed by atoms with Crippen LogP contribution in [0.15, 0.2) is 0 Å². The van der Waals surface area contributed by atoms with Crippen molar-refractivity contribution < 1.29 is 14.7 Å². The van der Waals surface area contributed by atoms with Crippen molar-refractivity contribution in [3.05, 3.63) is 11.6 Å². The average molecular weight is 252 g/mol. The van der Waals surface area contributed by atoms with Gasteiger partial charge in [0.15, 0.2) is 5.82 Å². The molecule has 1 aromatic heterocycles. The number of carboxylic acids is 1. The molecule has 0 spiro atoms. The molecule has 7 heteroatoms. The van der Waals surface area contributed by atoms with Crippen molar-refractivity contribution in [1.29, 1.82) is 0 Å². The van der Waals surface area contributed by atoms with E-state index in [-0.39, 0.29) is 18.7 Å². The molecule has 1 N–H and O–H groups in total. The zero-order chi connectivity index (χ0) is 13.1. The summed E-state index contributed by atoms with van der Waals surface area (Å²) < 4.78 is 2.03. The fraction of sp³-hybridized carbons (Fsp3) is 0.636. The quantitative estimate of drug-likeness (QED) is 0.799. The van der Waals surface area contributed by atoms with Crippen LogP contribution < -0.4 is 0 Å². The maximum absolute atomic E-state index is 11.7. The first-order valence-corrected chi connectivity index (χ1v) is 5.94. The fourth-order valence-electron chi connectivity index (χ4n) is 2.03. The monoisotopic (exact) mass is 252 g/mol. The molecule has 0 bridgehead atoms. The molecule has 0 atom stereocenters. The van der Waals surface area contributed by atoms with Gasteiger partial charge in [-0.3, -0.25) is 9.59 Å². The molecule has 0 unspecified atom stereocenters. The Hall–Kier alpha value is -1.92. The SMILES string of the molecule is CN(Cc1nnc2n1CCC2)C(=O)CCC(=O)O. The molecule has 1 amide bonds.